The summed E-state index contributed by atoms with van der Waals surface area (Å²) in [4.78, 5) is 13.3. The number of carbonyl (C=O) groups is 1. The van der Waals surface area contributed by atoms with Crippen molar-refractivity contribution in [2.75, 3.05) is 10.0 Å². The summed E-state index contributed by atoms with van der Waals surface area (Å²) in [7, 11) is -3.96. The zero-order chi connectivity index (χ0) is 25.0. The van der Waals surface area contributed by atoms with E-state index in [2.05, 4.69) is 10.0 Å². The fraction of sp³-hybridized carbons (Fsp3) is 0. The van der Waals surface area contributed by atoms with E-state index in [9.17, 15) is 13.2 Å². The largest absolute Gasteiger partial charge is 0.457 e. The molecule has 6 nitrogen and oxygen atoms in total. The molecule has 1 amide bonds. The number of halogens is 3. The molecule has 4 rings (SSSR count). The lowest BCUT2D eigenvalue weighted by Crippen LogP contribution is -2.18. The Morgan fingerprint density at radius 2 is 1.34 bits per heavy atom. The molecule has 0 saturated carbocycles. The molecule has 0 aliphatic carbocycles. The lowest BCUT2D eigenvalue weighted by atomic mass is 10.1. The van der Waals surface area contributed by atoms with Gasteiger partial charge in [-0.25, -0.2) is 8.42 Å². The molecule has 0 aliphatic rings. The molecular weight excluding hydrogens is 531 g/mol. The van der Waals surface area contributed by atoms with Crippen LogP contribution in [0.5, 0.6) is 11.5 Å². The summed E-state index contributed by atoms with van der Waals surface area (Å²) in [6, 6.07) is 24.1. The van der Waals surface area contributed by atoms with E-state index >= 15 is 0 Å². The molecule has 0 heterocycles. The molecule has 0 unspecified atom stereocenters. The fourth-order valence-corrected chi connectivity index (χ4v) is 4.81. The molecule has 35 heavy (non-hydrogen) atoms. The van der Waals surface area contributed by atoms with Crippen molar-refractivity contribution >= 4 is 62.1 Å². The smallest absolute Gasteiger partial charge is 0.261 e. The summed E-state index contributed by atoms with van der Waals surface area (Å²) in [5, 5.41) is 3.13. The summed E-state index contributed by atoms with van der Waals surface area (Å²) < 4.78 is 34.1. The summed E-state index contributed by atoms with van der Waals surface area (Å²) in [5.41, 5.74) is 0.346. The zero-order valence-electron chi connectivity index (χ0n) is 17.8. The second-order valence-corrected chi connectivity index (χ2v) is 10.1. The number of ether oxygens (including phenoxy) is 1. The molecule has 178 valence electrons. The first-order chi connectivity index (χ1) is 16.7. The van der Waals surface area contributed by atoms with E-state index in [4.69, 9.17) is 39.5 Å². The molecule has 10 heteroatoms. The molecule has 0 radical (unpaired) electrons. The van der Waals surface area contributed by atoms with Gasteiger partial charge in [0.05, 0.1) is 31.2 Å². The number of rotatable bonds is 7. The highest BCUT2D eigenvalue weighted by molar-refractivity contribution is 7.92. The predicted molar refractivity (Wildman–Crippen MR) is 140 cm³/mol. The fourth-order valence-electron chi connectivity index (χ4n) is 3.12. The molecule has 0 atom stereocenters. The van der Waals surface area contributed by atoms with Gasteiger partial charge in [0.1, 0.15) is 11.5 Å². The van der Waals surface area contributed by atoms with Gasteiger partial charge in [0.15, 0.2) is 0 Å². The third-order valence-corrected chi connectivity index (χ3v) is 7.33. The molecule has 4 aromatic carbocycles. The number of hydrogen-bond acceptors (Lipinski definition) is 4. The molecule has 0 aliphatic heterocycles. The number of para-hydroxylation sites is 1. The number of anilines is 2. The Kier molecular flexibility index (Phi) is 7.52. The molecule has 0 aromatic heterocycles. The highest BCUT2D eigenvalue weighted by Gasteiger charge is 2.20. The first-order valence-corrected chi connectivity index (χ1v) is 12.8. The minimum absolute atomic E-state index is 0.0140. The Bertz CT molecular complexity index is 1460. The van der Waals surface area contributed by atoms with Crippen LogP contribution < -0.4 is 14.8 Å². The number of sulfonamides is 1. The van der Waals surface area contributed by atoms with E-state index < -0.39 is 15.9 Å². The Balaban J connectivity index is 1.71. The van der Waals surface area contributed by atoms with E-state index in [1.54, 1.807) is 48.5 Å². The van der Waals surface area contributed by atoms with Gasteiger partial charge < -0.3 is 10.1 Å². The van der Waals surface area contributed by atoms with Gasteiger partial charge in [0, 0.05) is 5.69 Å². The lowest BCUT2D eigenvalue weighted by Gasteiger charge is -2.15. The van der Waals surface area contributed by atoms with Crippen molar-refractivity contribution in [2.24, 2.45) is 0 Å². The minimum atomic E-state index is -3.96. The number of carbonyl (C=O) groups excluding carboxylic acids is 1. The van der Waals surface area contributed by atoms with Gasteiger partial charge in [0.25, 0.3) is 15.9 Å². The predicted octanol–water partition coefficient (Wildman–Crippen LogP) is 7.49. The van der Waals surface area contributed by atoms with Gasteiger partial charge in [-0.1, -0.05) is 71.2 Å². The molecule has 2 N–H and O–H groups in total. The van der Waals surface area contributed by atoms with Crippen molar-refractivity contribution in [1.29, 1.82) is 0 Å². The maximum atomic E-state index is 13.2. The molecule has 0 fully saturated rings. The van der Waals surface area contributed by atoms with Crippen LogP contribution in [0.25, 0.3) is 0 Å². The van der Waals surface area contributed by atoms with Crippen LogP contribution in [0, 0.1) is 0 Å². The van der Waals surface area contributed by atoms with Crippen molar-refractivity contribution < 1.29 is 17.9 Å². The second-order valence-electron chi connectivity index (χ2n) is 7.25. The number of amides is 1. The van der Waals surface area contributed by atoms with Crippen molar-refractivity contribution in [2.45, 2.75) is 4.90 Å². The topological polar surface area (TPSA) is 84.5 Å². The van der Waals surface area contributed by atoms with E-state index in [1.165, 1.54) is 36.4 Å². The maximum absolute atomic E-state index is 13.2. The standard InChI is InChI=1S/C25H17Cl3N2O4S/c26-21-13-16(14-22(27)24(21)28)29-25(31)20-15-18(34-17-7-3-1-4-8-17)11-12-23(20)30-35(32,33)19-9-5-2-6-10-19/h1-15,30H,(H,29,31). The van der Waals surface area contributed by atoms with Crippen LogP contribution in [0.1, 0.15) is 10.4 Å². The van der Waals surface area contributed by atoms with E-state index in [-0.39, 0.29) is 36.9 Å². The highest BCUT2D eigenvalue weighted by atomic mass is 35.5. The average Bonchev–Trinajstić information content (AvgIpc) is 2.84. The van der Waals surface area contributed by atoms with Gasteiger partial charge in [-0.05, 0) is 54.6 Å². The summed E-state index contributed by atoms with van der Waals surface area (Å²) >= 11 is 18.1. The number of nitrogens with one attached hydrogen (secondary N) is 2. The lowest BCUT2D eigenvalue weighted by molar-refractivity contribution is 0.102. The summed E-state index contributed by atoms with van der Waals surface area (Å²) in [6.07, 6.45) is 0. The maximum Gasteiger partial charge on any atom is 0.261 e. The van der Waals surface area contributed by atoms with Gasteiger partial charge in [0.2, 0.25) is 0 Å². The van der Waals surface area contributed by atoms with Crippen LogP contribution in [-0.4, -0.2) is 14.3 Å². The van der Waals surface area contributed by atoms with Crippen LogP contribution in [0.2, 0.25) is 15.1 Å². The van der Waals surface area contributed by atoms with Crippen LogP contribution in [0.3, 0.4) is 0 Å². The molecular formula is C25H17Cl3N2O4S. The van der Waals surface area contributed by atoms with Crippen LogP contribution in [0.15, 0.2) is 95.9 Å². The normalized spacial score (nSPS) is 11.1. The summed E-state index contributed by atoms with van der Waals surface area (Å²) in [5.74, 6) is 0.257. The Hall–Kier alpha value is -3.23. The SMILES string of the molecule is O=C(Nc1cc(Cl)c(Cl)c(Cl)c1)c1cc(Oc2ccccc2)ccc1NS(=O)(=O)c1ccccc1. The van der Waals surface area contributed by atoms with Gasteiger partial charge in [-0.2, -0.15) is 0 Å². The van der Waals surface area contributed by atoms with Gasteiger partial charge in [-0.3, -0.25) is 9.52 Å². The third kappa shape index (κ3) is 6.07. The van der Waals surface area contributed by atoms with Crippen LogP contribution in [-0.2, 0) is 10.0 Å². The Morgan fingerprint density at radius 3 is 1.97 bits per heavy atom. The van der Waals surface area contributed by atoms with Crippen molar-refractivity contribution in [1.82, 2.24) is 0 Å². The van der Waals surface area contributed by atoms with Crippen LogP contribution >= 0.6 is 34.8 Å². The zero-order valence-corrected chi connectivity index (χ0v) is 20.9. The summed E-state index contributed by atoms with van der Waals surface area (Å²) in [6.45, 7) is 0. The molecule has 4 aromatic rings. The van der Waals surface area contributed by atoms with Gasteiger partial charge in [-0.15, -0.1) is 0 Å². The first-order valence-electron chi connectivity index (χ1n) is 10.1. The average molecular weight is 548 g/mol. The van der Waals surface area contributed by atoms with E-state index in [1.807, 2.05) is 6.07 Å². The minimum Gasteiger partial charge on any atom is -0.457 e. The monoisotopic (exact) mass is 546 g/mol. The van der Waals surface area contributed by atoms with Crippen LogP contribution in [0.4, 0.5) is 11.4 Å². The number of benzene rings is 4. The van der Waals surface area contributed by atoms with E-state index in [0.29, 0.717) is 11.5 Å². The van der Waals surface area contributed by atoms with Crippen molar-refractivity contribution in [3.05, 3.63) is 112 Å². The van der Waals surface area contributed by atoms with Crippen molar-refractivity contribution in [3.63, 3.8) is 0 Å². The molecule has 0 bridgehead atoms. The quantitative estimate of drug-likeness (QED) is 0.235. The Morgan fingerprint density at radius 1 is 0.743 bits per heavy atom. The second kappa shape index (κ2) is 10.6. The van der Waals surface area contributed by atoms with Crippen molar-refractivity contribution in [3.8, 4) is 11.5 Å². The molecule has 0 saturated heterocycles. The Labute approximate surface area is 217 Å². The highest BCUT2D eigenvalue weighted by Crippen LogP contribution is 2.34. The molecule has 0 spiro atoms. The van der Waals surface area contributed by atoms with Gasteiger partial charge >= 0.3 is 0 Å². The third-order valence-electron chi connectivity index (χ3n) is 4.75. The first kappa shape index (κ1) is 24.9. The van der Waals surface area contributed by atoms with E-state index in [0.717, 1.165) is 0 Å². The number of hydrogen-bond donors (Lipinski definition) is 2.